The highest BCUT2D eigenvalue weighted by atomic mass is 35.5. The van der Waals surface area contributed by atoms with E-state index >= 15 is 0 Å². The molecule has 0 aliphatic carbocycles. The molecule has 0 amide bonds. The first-order valence-corrected chi connectivity index (χ1v) is 5.67. The lowest BCUT2D eigenvalue weighted by molar-refractivity contribution is 0.574. The summed E-state index contributed by atoms with van der Waals surface area (Å²) in [6.45, 7) is 2.06. The third-order valence-electron chi connectivity index (χ3n) is 2.57. The van der Waals surface area contributed by atoms with E-state index in [-0.39, 0.29) is 0 Å². The zero-order valence-electron chi connectivity index (χ0n) is 8.54. The van der Waals surface area contributed by atoms with Crippen LogP contribution in [0.2, 0.25) is 5.15 Å². The highest BCUT2D eigenvalue weighted by Gasteiger charge is 2.12. The maximum atomic E-state index is 5.72. The zero-order valence-corrected chi connectivity index (χ0v) is 9.30. The van der Waals surface area contributed by atoms with Gasteiger partial charge in [-0.25, -0.2) is 4.98 Å². The number of nitrogens with zero attached hydrogens (tertiary/aromatic N) is 2. The van der Waals surface area contributed by atoms with Crippen molar-refractivity contribution in [3.8, 4) is 0 Å². The number of hydrogen-bond donors (Lipinski definition) is 2. The van der Waals surface area contributed by atoms with Crippen molar-refractivity contribution in [2.45, 2.75) is 25.3 Å². The molecule has 1 atom stereocenters. The molecule has 0 saturated carbocycles. The van der Waals surface area contributed by atoms with Crippen molar-refractivity contribution < 1.29 is 0 Å². The lowest BCUT2D eigenvalue weighted by Gasteiger charge is -2.10. The van der Waals surface area contributed by atoms with Crippen molar-refractivity contribution in [2.24, 2.45) is 0 Å². The molecule has 1 saturated heterocycles. The third kappa shape index (κ3) is 3.32. The molecule has 1 aromatic heterocycles. The predicted octanol–water partition coefficient (Wildman–Crippen LogP) is 1.68. The Kier molecular flexibility index (Phi) is 3.75. The zero-order chi connectivity index (χ0) is 10.5. The summed E-state index contributed by atoms with van der Waals surface area (Å²) in [5.41, 5.74) is 0. The maximum Gasteiger partial charge on any atom is 0.149 e. The van der Waals surface area contributed by atoms with Crippen molar-refractivity contribution >= 4 is 17.4 Å². The minimum Gasteiger partial charge on any atom is -0.369 e. The Balaban J connectivity index is 1.73. The molecule has 2 rings (SSSR count). The minimum absolute atomic E-state index is 0.430. The third-order valence-corrected chi connectivity index (χ3v) is 2.75. The topological polar surface area (TPSA) is 49.8 Å². The predicted molar refractivity (Wildman–Crippen MR) is 61.2 cm³/mol. The van der Waals surface area contributed by atoms with Gasteiger partial charge in [-0.2, -0.15) is 0 Å². The first kappa shape index (κ1) is 10.6. The van der Waals surface area contributed by atoms with Gasteiger partial charge in [0.05, 0.1) is 12.4 Å². The number of rotatable bonds is 4. The van der Waals surface area contributed by atoms with Crippen molar-refractivity contribution in [2.75, 3.05) is 18.4 Å². The standard InChI is InChI=1S/C10H15ClN4/c11-9-6-12-7-10(15-9)14-5-3-8-2-1-4-13-8/h6-8,13H,1-5H2,(H,14,15). The molecule has 1 aliphatic heterocycles. The van der Waals surface area contributed by atoms with Gasteiger partial charge in [-0.1, -0.05) is 11.6 Å². The molecule has 82 valence electrons. The number of hydrogen-bond acceptors (Lipinski definition) is 4. The van der Waals surface area contributed by atoms with Crippen LogP contribution in [0, 0.1) is 0 Å². The van der Waals surface area contributed by atoms with Crippen LogP contribution in [0.25, 0.3) is 0 Å². The quantitative estimate of drug-likeness (QED) is 0.821. The Morgan fingerprint density at radius 1 is 1.53 bits per heavy atom. The summed E-state index contributed by atoms with van der Waals surface area (Å²) in [6.07, 6.45) is 6.91. The van der Waals surface area contributed by atoms with E-state index in [1.807, 2.05) is 0 Å². The second-order valence-corrected chi connectivity index (χ2v) is 4.12. The van der Waals surface area contributed by atoms with Crippen LogP contribution in [0.5, 0.6) is 0 Å². The maximum absolute atomic E-state index is 5.72. The number of aromatic nitrogens is 2. The van der Waals surface area contributed by atoms with Gasteiger partial charge in [-0.15, -0.1) is 0 Å². The van der Waals surface area contributed by atoms with Gasteiger partial charge in [0.1, 0.15) is 11.0 Å². The Labute approximate surface area is 94.5 Å². The van der Waals surface area contributed by atoms with Crippen molar-refractivity contribution in [1.29, 1.82) is 0 Å². The van der Waals surface area contributed by atoms with Gasteiger partial charge >= 0.3 is 0 Å². The Morgan fingerprint density at radius 2 is 2.47 bits per heavy atom. The molecule has 5 heteroatoms. The summed E-state index contributed by atoms with van der Waals surface area (Å²) in [5.74, 6) is 0.750. The summed E-state index contributed by atoms with van der Waals surface area (Å²) < 4.78 is 0. The number of nitrogens with one attached hydrogen (secondary N) is 2. The van der Waals surface area contributed by atoms with Crippen molar-refractivity contribution in [3.63, 3.8) is 0 Å². The molecule has 2 N–H and O–H groups in total. The summed E-state index contributed by atoms with van der Waals surface area (Å²) >= 11 is 5.72. The lowest BCUT2D eigenvalue weighted by Crippen LogP contribution is -2.24. The van der Waals surface area contributed by atoms with Gasteiger partial charge in [-0.3, -0.25) is 4.98 Å². The first-order chi connectivity index (χ1) is 7.34. The Bertz CT molecular complexity index is 312. The monoisotopic (exact) mass is 226 g/mol. The average molecular weight is 227 g/mol. The molecule has 4 nitrogen and oxygen atoms in total. The molecule has 1 aliphatic rings. The van der Waals surface area contributed by atoms with Crippen LogP contribution in [0.4, 0.5) is 5.82 Å². The molecule has 0 bridgehead atoms. The van der Waals surface area contributed by atoms with E-state index in [1.165, 1.54) is 19.0 Å². The summed E-state index contributed by atoms with van der Waals surface area (Å²) in [6, 6.07) is 0.657. The van der Waals surface area contributed by atoms with Crippen LogP contribution in [0.3, 0.4) is 0 Å². The van der Waals surface area contributed by atoms with Crippen LogP contribution in [-0.2, 0) is 0 Å². The summed E-state index contributed by atoms with van der Waals surface area (Å²) in [4.78, 5) is 8.07. The number of anilines is 1. The molecule has 15 heavy (non-hydrogen) atoms. The van der Waals surface area contributed by atoms with E-state index in [0.29, 0.717) is 11.2 Å². The van der Waals surface area contributed by atoms with Gasteiger partial charge in [0.2, 0.25) is 0 Å². The van der Waals surface area contributed by atoms with Gasteiger partial charge < -0.3 is 10.6 Å². The van der Waals surface area contributed by atoms with Crippen LogP contribution in [0.15, 0.2) is 12.4 Å². The normalized spacial score (nSPS) is 20.5. The fourth-order valence-electron chi connectivity index (χ4n) is 1.80. The Hall–Kier alpha value is -0.870. The smallest absolute Gasteiger partial charge is 0.149 e. The molecule has 1 aromatic rings. The van der Waals surface area contributed by atoms with E-state index in [4.69, 9.17) is 11.6 Å². The molecule has 0 aromatic carbocycles. The fraction of sp³-hybridized carbons (Fsp3) is 0.600. The van der Waals surface area contributed by atoms with Gasteiger partial charge in [-0.05, 0) is 25.8 Å². The second-order valence-electron chi connectivity index (χ2n) is 3.74. The minimum atomic E-state index is 0.430. The molecule has 0 radical (unpaired) electrons. The van der Waals surface area contributed by atoms with Crippen LogP contribution in [-0.4, -0.2) is 29.1 Å². The van der Waals surface area contributed by atoms with E-state index < -0.39 is 0 Å². The van der Waals surface area contributed by atoms with Crippen LogP contribution >= 0.6 is 11.6 Å². The van der Waals surface area contributed by atoms with Crippen LogP contribution in [0.1, 0.15) is 19.3 Å². The SMILES string of the molecule is Clc1cncc(NCCC2CCCN2)n1. The molecule has 1 fully saturated rings. The first-order valence-electron chi connectivity index (χ1n) is 5.29. The Morgan fingerprint density at radius 3 is 3.20 bits per heavy atom. The van der Waals surface area contributed by atoms with Gasteiger partial charge in [0.25, 0.3) is 0 Å². The number of halogens is 1. The van der Waals surface area contributed by atoms with E-state index in [9.17, 15) is 0 Å². The van der Waals surface area contributed by atoms with Crippen LogP contribution < -0.4 is 10.6 Å². The molecule has 1 unspecified atom stereocenters. The second kappa shape index (κ2) is 5.28. The highest BCUT2D eigenvalue weighted by Crippen LogP contribution is 2.10. The largest absolute Gasteiger partial charge is 0.369 e. The highest BCUT2D eigenvalue weighted by molar-refractivity contribution is 6.29. The molecule has 0 spiro atoms. The molecular formula is C10H15ClN4. The average Bonchev–Trinajstić information content (AvgIpc) is 2.71. The van der Waals surface area contributed by atoms with Gasteiger partial charge in [0.15, 0.2) is 0 Å². The van der Waals surface area contributed by atoms with Crippen molar-refractivity contribution in [1.82, 2.24) is 15.3 Å². The van der Waals surface area contributed by atoms with E-state index in [0.717, 1.165) is 25.3 Å². The lowest BCUT2D eigenvalue weighted by atomic mass is 10.1. The van der Waals surface area contributed by atoms with Crippen molar-refractivity contribution in [3.05, 3.63) is 17.5 Å². The molecule has 2 heterocycles. The molecular weight excluding hydrogens is 212 g/mol. The van der Waals surface area contributed by atoms with E-state index in [1.54, 1.807) is 6.20 Å². The summed E-state index contributed by atoms with van der Waals surface area (Å²) in [7, 11) is 0. The summed E-state index contributed by atoms with van der Waals surface area (Å²) in [5, 5.41) is 7.10. The van der Waals surface area contributed by atoms with Gasteiger partial charge in [0, 0.05) is 12.6 Å². The fourth-order valence-corrected chi connectivity index (χ4v) is 1.95. The van der Waals surface area contributed by atoms with E-state index in [2.05, 4.69) is 20.6 Å².